The van der Waals surface area contributed by atoms with Crippen LogP contribution in [0.5, 0.6) is 0 Å². The second-order valence-corrected chi connectivity index (χ2v) is 12.3. The average molecular weight is 579 g/mol. The number of amides is 1. The molecule has 2 saturated heterocycles. The molecule has 1 amide bonds. The molecule has 2 atom stereocenters. The maximum atomic E-state index is 14.2. The molecule has 0 radical (unpaired) electrons. The number of para-hydroxylation sites is 1. The summed E-state index contributed by atoms with van der Waals surface area (Å²) in [7, 11) is 0. The van der Waals surface area contributed by atoms with Gasteiger partial charge in [0.15, 0.2) is 0 Å². The van der Waals surface area contributed by atoms with Gasteiger partial charge in [0.2, 0.25) is 5.91 Å². The molecule has 2 unspecified atom stereocenters. The first-order valence-corrected chi connectivity index (χ1v) is 15.8. The molecule has 6 rings (SSSR count). The van der Waals surface area contributed by atoms with Crippen molar-refractivity contribution in [3.63, 3.8) is 0 Å². The lowest BCUT2D eigenvalue weighted by atomic mass is 9.91. The normalized spacial score (nSPS) is 19.1. The molecule has 1 aromatic heterocycles. The summed E-state index contributed by atoms with van der Waals surface area (Å²) in [6, 6.07) is 22.1. The molecule has 2 aliphatic heterocycles. The van der Waals surface area contributed by atoms with Crippen LogP contribution < -0.4 is 10.6 Å². The van der Waals surface area contributed by atoms with E-state index in [-0.39, 0.29) is 36.0 Å². The van der Waals surface area contributed by atoms with E-state index in [1.165, 1.54) is 11.0 Å². The van der Waals surface area contributed by atoms with Crippen molar-refractivity contribution in [3.05, 3.63) is 99.5 Å². The molecule has 4 aromatic rings. The standard InChI is InChI=1S/C36H42N4O3/c1-4-33(41)40-34-31(37-17-9-6-10-18-37)14-11-15-32(34)39(36(40)43)29-16-19-38(30(24-29)23-27-12-7-5-8-13-27)35(42)28-21-25(2)20-26(3)22-28/h5,7-8,11-15,20-22,29-30H,4,6,9-10,16-19,23-24H2,1-3H3. The van der Waals surface area contributed by atoms with Crippen LogP contribution in [0, 0.1) is 13.8 Å². The Morgan fingerprint density at radius 2 is 1.58 bits per heavy atom. The number of nitrogens with zero attached hydrogens (tertiary/aromatic N) is 4. The predicted molar refractivity (Wildman–Crippen MR) is 172 cm³/mol. The summed E-state index contributed by atoms with van der Waals surface area (Å²) in [5, 5.41) is 0. The van der Waals surface area contributed by atoms with Gasteiger partial charge in [-0.2, -0.15) is 0 Å². The highest BCUT2D eigenvalue weighted by atomic mass is 16.2. The zero-order chi connectivity index (χ0) is 30.1. The van der Waals surface area contributed by atoms with E-state index in [0.29, 0.717) is 31.4 Å². The number of fused-ring (bicyclic) bond motifs is 1. The van der Waals surface area contributed by atoms with Gasteiger partial charge < -0.3 is 9.80 Å². The van der Waals surface area contributed by atoms with E-state index < -0.39 is 0 Å². The largest absolute Gasteiger partial charge is 0.370 e. The number of piperidine rings is 2. The van der Waals surface area contributed by atoms with E-state index in [9.17, 15) is 14.4 Å². The summed E-state index contributed by atoms with van der Waals surface area (Å²) in [6.45, 7) is 8.26. The number of hydrogen-bond donors (Lipinski definition) is 0. The number of hydrogen-bond acceptors (Lipinski definition) is 4. The summed E-state index contributed by atoms with van der Waals surface area (Å²) >= 11 is 0. The lowest BCUT2D eigenvalue weighted by molar-refractivity contribution is 0.0557. The number of aromatic nitrogens is 2. The van der Waals surface area contributed by atoms with Crippen LogP contribution in [0.2, 0.25) is 0 Å². The summed E-state index contributed by atoms with van der Waals surface area (Å²) in [4.78, 5) is 45.8. The molecule has 2 fully saturated rings. The second kappa shape index (κ2) is 12.2. The predicted octanol–water partition coefficient (Wildman–Crippen LogP) is 6.55. The first-order chi connectivity index (χ1) is 20.9. The monoisotopic (exact) mass is 578 g/mol. The number of imidazole rings is 1. The highest BCUT2D eigenvalue weighted by Gasteiger charge is 2.36. The Kier molecular flexibility index (Phi) is 8.24. The van der Waals surface area contributed by atoms with Gasteiger partial charge in [-0.1, -0.05) is 60.5 Å². The van der Waals surface area contributed by atoms with Crippen molar-refractivity contribution < 1.29 is 9.59 Å². The Hall–Kier alpha value is -4.13. The Balaban J connectivity index is 1.41. The topological polar surface area (TPSA) is 67.5 Å². The number of benzene rings is 3. The highest BCUT2D eigenvalue weighted by Crippen LogP contribution is 2.35. The van der Waals surface area contributed by atoms with Crippen LogP contribution in [0.1, 0.15) is 83.3 Å². The van der Waals surface area contributed by atoms with Gasteiger partial charge in [0.05, 0.1) is 11.2 Å². The zero-order valence-corrected chi connectivity index (χ0v) is 25.6. The van der Waals surface area contributed by atoms with E-state index >= 15 is 0 Å². The number of anilines is 1. The van der Waals surface area contributed by atoms with E-state index in [1.54, 1.807) is 0 Å². The number of carbonyl (C=O) groups excluding carboxylic acids is 2. The van der Waals surface area contributed by atoms with E-state index in [1.807, 2.05) is 72.7 Å². The van der Waals surface area contributed by atoms with Crippen molar-refractivity contribution in [1.29, 1.82) is 0 Å². The van der Waals surface area contributed by atoms with Gasteiger partial charge in [-0.05, 0) is 82.2 Å². The van der Waals surface area contributed by atoms with Crippen molar-refractivity contribution in [1.82, 2.24) is 14.0 Å². The number of aryl methyl sites for hydroxylation is 2. The van der Waals surface area contributed by atoms with Crippen LogP contribution >= 0.6 is 0 Å². The maximum Gasteiger partial charge on any atom is 0.336 e. The Bertz CT molecular complexity index is 1680. The molecule has 0 saturated carbocycles. The Morgan fingerprint density at radius 3 is 2.28 bits per heavy atom. The van der Waals surface area contributed by atoms with Crippen molar-refractivity contribution >= 4 is 28.5 Å². The molecular weight excluding hydrogens is 536 g/mol. The minimum Gasteiger partial charge on any atom is -0.370 e. The van der Waals surface area contributed by atoms with Gasteiger partial charge in [0.1, 0.15) is 5.52 Å². The molecule has 3 heterocycles. The van der Waals surface area contributed by atoms with Crippen LogP contribution in [0.15, 0.2) is 71.5 Å². The third-order valence-corrected chi connectivity index (χ3v) is 9.22. The number of likely N-dealkylation sites (tertiary alicyclic amines) is 1. The minimum atomic E-state index is -0.260. The first-order valence-electron chi connectivity index (χ1n) is 15.8. The SMILES string of the molecule is CCC(=O)n1c(=O)n(C2CCN(C(=O)c3cc(C)cc(C)c3)C(Cc3ccccc3)C2)c2cccc(N3CCCCC3)c21. The molecule has 7 heteroatoms. The average Bonchev–Trinajstić information content (AvgIpc) is 3.32. The van der Waals surface area contributed by atoms with Gasteiger partial charge in [0.25, 0.3) is 5.91 Å². The van der Waals surface area contributed by atoms with Crippen LogP contribution in [0.3, 0.4) is 0 Å². The number of carbonyl (C=O) groups is 2. The fourth-order valence-corrected chi connectivity index (χ4v) is 7.26. The molecule has 3 aromatic carbocycles. The van der Waals surface area contributed by atoms with Gasteiger partial charge in [-0.25, -0.2) is 9.36 Å². The van der Waals surface area contributed by atoms with Crippen molar-refractivity contribution in [2.24, 2.45) is 0 Å². The van der Waals surface area contributed by atoms with E-state index in [2.05, 4.69) is 29.2 Å². The quantitative estimate of drug-likeness (QED) is 0.260. The van der Waals surface area contributed by atoms with Crippen molar-refractivity contribution in [2.45, 2.75) is 77.8 Å². The lowest BCUT2D eigenvalue weighted by Crippen LogP contribution is -2.48. The van der Waals surface area contributed by atoms with Gasteiger partial charge in [0, 0.05) is 43.7 Å². The molecule has 224 valence electrons. The molecule has 7 nitrogen and oxygen atoms in total. The fourth-order valence-electron chi connectivity index (χ4n) is 7.26. The summed E-state index contributed by atoms with van der Waals surface area (Å²) < 4.78 is 3.30. The first kappa shape index (κ1) is 29.0. The lowest BCUT2D eigenvalue weighted by Gasteiger charge is -2.40. The molecule has 0 spiro atoms. The summed E-state index contributed by atoms with van der Waals surface area (Å²) in [5.41, 5.74) is 6.27. The molecule has 0 bridgehead atoms. The van der Waals surface area contributed by atoms with Gasteiger partial charge in [-0.15, -0.1) is 0 Å². The van der Waals surface area contributed by atoms with Crippen molar-refractivity contribution in [3.8, 4) is 0 Å². The van der Waals surface area contributed by atoms with Crippen LogP contribution in [-0.4, -0.2) is 51.5 Å². The van der Waals surface area contributed by atoms with Crippen LogP contribution in [0.25, 0.3) is 11.0 Å². The molecule has 43 heavy (non-hydrogen) atoms. The third kappa shape index (κ3) is 5.65. The second-order valence-electron chi connectivity index (χ2n) is 12.3. The smallest absolute Gasteiger partial charge is 0.336 e. The Morgan fingerprint density at radius 1 is 0.860 bits per heavy atom. The summed E-state index contributed by atoms with van der Waals surface area (Å²) in [6.07, 6.45) is 5.67. The summed E-state index contributed by atoms with van der Waals surface area (Å²) in [5.74, 6) is -0.143. The number of rotatable bonds is 6. The van der Waals surface area contributed by atoms with Crippen molar-refractivity contribution in [2.75, 3.05) is 24.5 Å². The van der Waals surface area contributed by atoms with E-state index in [4.69, 9.17) is 0 Å². The molecular formula is C36H42N4O3. The molecule has 2 aliphatic rings. The minimum absolute atomic E-state index is 0.0366. The maximum absolute atomic E-state index is 14.2. The van der Waals surface area contributed by atoms with E-state index in [0.717, 1.165) is 59.3 Å². The fraction of sp³-hybridized carbons (Fsp3) is 0.417. The Labute approximate surface area is 253 Å². The highest BCUT2D eigenvalue weighted by molar-refractivity contribution is 5.98. The zero-order valence-electron chi connectivity index (χ0n) is 25.6. The van der Waals surface area contributed by atoms with Crippen LogP contribution in [0.4, 0.5) is 5.69 Å². The van der Waals surface area contributed by atoms with Crippen LogP contribution in [-0.2, 0) is 6.42 Å². The van der Waals surface area contributed by atoms with Gasteiger partial charge >= 0.3 is 5.69 Å². The van der Waals surface area contributed by atoms with Gasteiger partial charge in [-0.3, -0.25) is 14.2 Å². The third-order valence-electron chi connectivity index (χ3n) is 9.22. The molecule has 0 N–H and O–H groups in total. The molecule has 0 aliphatic carbocycles.